The lowest BCUT2D eigenvalue weighted by Gasteiger charge is -2.55. The maximum atomic E-state index is 12.5. The Morgan fingerprint density at radius 2 is 1.73 bits per heavy atom. The highest BCUT2D eigenvalue weighted by Gasteiger charge is 2.46. The normalized spacial score (nSPS) is 27.5. The summed E-state index contributed by atoms with van der Waals surface area (Å²) < 4.78 is 25.5. The fraction of sp³-hybridized carbons (Fsp3) is 0.933. The summed E-state index contributed by atoms with van der Waals surface area (Å²) in [6, 6.07) is 0.0681. The average Bonchev–Trinajstić information content (AvgIpc) is 2.34. The van der Waals surface area contributed by atoms with Crippen LogP contribution >= 0.6 is 0 Å². The van der Waals surface area contributed by atoms with Crippen molar-refractivity contribution in [3.63, 3.8) is 0 Å². The quantitative estimate of drug-likeness (QED) is 0.706. The molecule has 0 bridgehead atoms. The molecule has 2 saturated heterocycles. The zero-order valence-corrected chi connectivity index (χ0v) is 15.4. The van der Waals surface area contributed by atoms with Gasteiger partial charge in [-0.05, 0) is 13.8 Å². The molecule has 128 valence electrons. The van der Waals surface area contributed by atoms with Gasteiger partial charge >= 0.3 is 0 Å². The summed E-state index contributed by atoms with van der Waals surface area (Å²) in [7, 11) is -3.21. The standard InChI is InChI=1S/C15H29N3O3S/c1-14(2,3)13(19)16-7-8-18-12(9-16)10-17(22(6,20)21)11-15(18,4)5/h12H,7-11H2,1-6H3. The monoisotopic (exact) mass is 331 g/mol. The second kappa shape index (κ2) is 5.46. The molecule has 2 rings (SSSR count). The molecule has 1 amide bonds. The van der Waals surface area contributed by atoms with Crippen molar-refractivity contribution in [1.29, 1.82) is 0 Å². The van der Waals surface area contributed by atoms with Crippen LogP contribution in [0.1, 0.15) is 34.6 Å². The van der Waals surface area contributed by atoms with Gasteiger partial charge in [-0.25, -0.2) is 8.42 Å². The molecule has 6 nitrogen and oxygen atoms in total. The SMILES string of the molecule is CC(C)(C)C(=O)N1CCN2C(C1)CN(S(C)(=O)=O)CC2(C)C. The smallest absolute Gasteiger partial charge is 0.228 e. The van der Waals surface area contributed by atoms with E-state index in [0.29, 0.717) is 19.6 Å². The Bertz CT molecular complexity index is 551. The molecule has 7 heteroatoms. The first-order valence-electron chi connectivity index (χ1n) is 7.83. The van der Waals surface area contributed by atoms with Crippen LogP contribution < -0.4 is 0 Å². The van der Waals surface area contributed by atoms with E-state index in [1.54, 1.807) is 4.31 Å². The second-order valence-electron chi connectivity index (χ2n) is 8.22. The van der Waals surface area contributed by atoms with Crippen LogP contribution in [0, 0.1) is 5.41 Å². The maximum Gasteiger partial charge on any atom is 0.228 e. The van der Waals surface area contributed by atoms with Crippen LogP contribution in [0.5, 0.6) is 0 Å². The number of nitrogens with zero attached hydrogens (tertiary/aromatic N) is 3. The number of fused-ring (bicyclic) bond motifs is 1. The number of hydrogen-bond acceptors (Lipinski definition) is 4. The molecule has 0 aromatic rings. The van der Waals surface area contributed by atoms with E-state index in [4.69, 9.17) is 0 Å². The second-order valence-corrected chi connectivity index (χ2v) is 10.2. The maximum absolute atomic E-state index is 12.5. The van der Waals surface area contributed by atoms with Crippen molar-refractivity contribution in [2.75, 3.05) is 39.0 Å². The third-order valence-electron chi connectivity index (χ3n) is 4.64. The summed E-state index contributed by atoms with van der Waals surface area (Å²) in [6.07, 6.45) is 1.26. The first kappa shape index (κ1) is 17.7. The molecule has 0 aromatic heterocycles. The lowest BCUT2D eigenvalue weighted by molar-refractivity contribution is -0.145. The third kappa shape index (κ3) is 3.46. The summed E-state index contributed by atoms with van der Waals surface area (Å²) in [4.78, 5) is 16.8. The number of piperazine rings is 2. The average molecular weight is 331 g/mol. The minimum Gasteiger partial charge on any atom is -0.339 e. The van der Waals surface area contributed by atoms with Gasteiger partial charge in [-0.2, -0.15) is 4.31 Å². The third-order valence-corrected chi connectivity index (χ3v) is 5.85. The minimum atomic E-state index is -3.21. The Morgan fingerprint density at radius 1 is 1.14 bits per heavy atom. The van der Waals surface area contributed by atoms with Crippen LogP contribution in [0.4, 0.5) is 0 Å². The van der Waals surface area contributed by atoms with Gasteiger partial charge in [-0.3, -0.25) is 9.69 Å². The van der Waals surface area contributed by atoms with Crippen LogP contribution in [0.15, 0.2) is 0 Å². The van der Waals surface area contributed by atoms with Crippen molar-refractivity contribution >= 4 is 15.9 Å². The van der Waals surface area contributed by atoms with E-state index < -0.39 is 15.4 Å². The van der Waals surface area contributed by atoms with Gasteiger partial charge in [0.2, 0.25) is 15.9 Å². The Hall–Kier alpha value is -0.660. The summed E-state index contributed by atoms with van der Waals surface area (Å²) in [5, 5.41) is 0. The van der Waals surface area contributed by atoms with Crippen LogP contribution in [0.2, 0.25) is 0 Å². The molecule has 0 spiro atoms. The number of amides is 1. The predicted octanol–water partition coefficient (Wildman–Crippen LogP) is 0.599. The Balaban J connectivity index is 2.20. The van der Waals surface area contributed by atoms with E-state index in [2.05, 4.69) is 18.7 Å². The molecule has 0 aromatic carbocycles. The minimum absolute atomic E-state index is 0.0681. The number of sulfonamides is 1. The van der Waals surface area contributed by atoms with Crippen molar-refractivity contribution in [1.82, 2.24) is 14.1 Å². The van der Waals surface area contributed by atoms with Gasteiger partial charge in [0.1, 0.15) is 0 Å². The van der Waals surface area contributed by atoms with Crippen molar-refractivity contribution < 1.29 is 13.2 Å². The summed E-state index contributed by atoms with van der Waals surface area (Å²) in [6.45, 7) is 13.0. The van der Waals surface area contributed by atoms with Crippen molar-refractivity contribution in [2.24, 2.45) is 5.41 Å². The Morgan fingerprint density at radius 3 is 2.23 bits per heavy atom. The molecule has 1 unspecified atom stereocenters. The lowest BCUT2D eigenvalue weighted by Crippen LogP contribution is -2.70. The van der Waals surface area contributed by atoms with Gasteiger partial charge in [0.15, 0.2) is 0 Å². The largest absolute Gasteiger partial charge is 0.339 e. The van der Waals surface area contributed by atoms with Gasteiger partial charge in [0.25, 0.3) is 0 Å². The van der Waals surface area contributed by atoms with Crippen molar-refractivity contribution in [3.05, 3.63) is 0 Å². The number of rotatable bonds is 1. The van der Waals surface area contributed by atoms with Gasteiger partial charge in [-0.15, -0.1) is 0 Å². The van der Waals surface area contributed by atoms with Gasteiger partial charge in [-0.1, -0.05) is 20.8 Å². The Labute approximate surface area is 134 Å². The fourth-order valence-corrected chi connectivity index (χ4v) is 4.54. The molecule has 2 fully saturated rings. The molecule has 0 saturated carbocycles. The highest BCUT2D eigenvalue weighted by atomic mass is 32.2. The zero-order valence-electron chi connectivity index (χ0n) is 14.6. The Kier molecular flexibility index (Phi) is 4.39. The summed E-state index contributed by atoms with van der Waals surface area (Å²) in [5.41, 5.74) is -0.605. The van der Waals surface area contributed by atoms with Crippen LogP contribution in [0.3, 0.4) is 0 Å². The molecular weight excluding hydrogens is 302 g/mol. The molecule has 0 radical (unpaired) electrons. The van der Waals surface area contributed by atoms with E-state index >= 15 is 0 Å². The molecule has 1 atom stereocenters. The molecule has 0 aliphatic carbocycles. The van der Waals surface area contributed by atoms with E-state index in [-0.39, 0.29) is 17.5 Å². The highest BCUT2D eigenvalue weighted by Crippen LogP contribution is 2.30. The van der Waals surface area contributed by atoms with Crippen LogP contribution in [-0.4, -0.2) is 79.0 Å². The van der Waals surface area contributed by atoms with Crippen molar-refractivity contribution in [2.45, 2.75) is 46.2 Å². The molecule has 2 heterocycles. The van der Waals surface area contributed by atoms with Gasteiger partial charge in [0.05, 0.1) is 6.26 Å². The van der Waals surface area contributed by atoms with Gasteiger partial charge in [0, 0.05) is 49.7 Å². The summed E-state index contributed by atoms with van der Waals surface area (Å²) >= 11 is 0. The van der Waals surface area contributed by atoms with Crippen LogP contribution in [-0.2, 0) is 14.8 Å². The molecule has 22 heavy (non-hydrogen) atoms. The predicted molar refractivity (Wildman–Crippen MR) is 87.0 cm³/mol. The highest BCUT2D eigenvalue weighted by molar-refractivity contribution is 7.88. The number of hydrogen-bond donors (Lipinski definition) is 0. The van der Waals surface area contributed by atoms with E-state index in [1.807, 2.05) is 25.7 Å². The molecular formula is C15H29N3O3S. The van der Waals surface area contributed by atoms with Gasteiger partial charge < -0.3 is 4.90 Å². The molecule has 0 N–H and O–H groups in total. The molecule has 2 aliphatic heterocycles. The number of carbonyl (C=O) groups is 1. The van der Waals surface area contributed by atoms with Crippen molar-refractivity contribution in [3.8, 4) is 0 Å². The number of carbonyl (C=O) groups excluding carboxylic acids is 1. The fourth-order valence-electron chi connectivity index (χ4n) is 3.54. The first-order valence-corrected chi connectivity index (χ1v) is 9.68. The lowest BCUT2D eigenvalue weighted by atomic mass is 9.91. The van der Waals surface area contributed by atoms with E-state index in [0.717, 1.165) is 13.1 Å². The van der Waals surface area contributed by atoms with Crippen LogP contribution in [0.25, 0.3) is 0 Å². The zero-order chi connectivity index (χ0) is 16.9. The first-order chi connectivity index (χ1) is 9.82. The van der Waals surface area contributed by atoms with E-state index in [9.17, 15) is 13.2 Å². The van der Waals surface area contributed by atoms with E-state index in [1.165, 1.54) is 6.26 Å². The summed E-state index contributed by atoms with van der Waals surface area (Å²) in [5.74, 6) is 0.140. The topological polar surface area (TPSA) is 60.9 Å². The molecule has 2 aliphatic rings.